The summed E-state index contributed by atoms with van der Waals surface area (Å²) in [4.78, 5) is 24.0. The fourth-order valence-corrected chi connectivity index (χ4v) is 5.56. The van der Waals surface area contributed by atoms with Gasteiger partial charge in [0.2, 0.25) is 0 Å². The lowest BCUT2D eigenvalue weighted by molar-refractivity contribution is -0.179. The minimum absolute atomic E-state index is 0.480. The van der Waals surface area contributed by atoms with E-state index in [4.69, 9.17) is 0 Å². The van der Waals surface area contributed by atoms with Gasteiger partial charge in [0.25, 0.3) is 0 Å². The van der Waals surface area contributed by atoms with Gasteiger partial charge in [-0.3, -0.25) is 9.59 Å². The zero-order valence-corrected chi connectivity index (χ0v) is 20.6. The maximum Gasteiger partial charge on any atom is 0.310 e. The molecule has 182 valence electrons. The number of aliphatic carboxylic acids is 2. The van der Waals surface area contributed by atoms with Gasteiger partial charge in [-0.2, -0.15) is 0 Å². The van der Waals surface area contributed by atoms with Crippen molar-refractivity contribution in [1.29, 1.82) is 0 Å². The molecule has 1 aliphatic rings. The molecule has 4 heteroatoms. The Kier molecular flexibility index (Phi) is 14.2. The Bertz CT molecular complexity index is 503. The molecule has 0 radical (unpaired) electrons. The first-order valence-electron chi connectivity index (χ1n) is 13.4. The predicted octanol–water partition coefficient (Wildman–Crippen LogP) is 8.37. The molecule has 0 saturated heterocycles. The summed E-state index contributed by atoms with van der Waals surface area (Å²) in [5.74, 6) is -1.84. The Balaban J connectivity index is 2.08. The Morgan fingerprint density at radius 3 is 1.39 bits per heavy atom. The zero-order valence-electron chi connectivity index (χ0n) is 20.6. The summed E-state index contributed by atoms with van der Waals surface area (Å²) in [7, 11) is 0. The van der Waals surface area contributed by atoms with Crippen molar-refractivity contribution >= 4 is 11.9 Å². The van der Waals surface area contributed by atoms with E-state index in [0.717, 1.165) is 32.1 Å². The molecular weight excluding hydrogens is 388 g/mol. The molecule has 0 aromatic carbocycles. The largest absolute Gasteiger partial charge is 0.481 e. The van der Waals surface area contributed by atoms with Crippen molar-refractivity contribution in [2.75, 3.05) is 0 Å². The van der Waals surface area contributed by atoms with Crippen LogP contribution in [0.2, 0.25) is 0 Å². The molecule has 0 aromatic heterocycles. The Morgan fingerprint density at radius 2 is 1.00 bits per heavy atom. The van der Waals surface area contributed by atoms with Gasteiger partial charge in [-0.05, 0) is 26.2 Å². The van der Waals surface area contributed by atoms with Gasteiger partial charge in [0, 0.05) is 0 Å². The molecule has 2 N–H and O–H groups in total. The second kappa shape index (κ2) is 15.7. The van der Waals surface area contributed by atoms with Crippen LogP contribution >= 0.6 is 0 Å². The molecule has 0 aromatic rings. The van der Waals surface area contributed by atoms with Gasteiger partial charge >= 0.3 is 11.9 Å². The van der Waals surface area contributed by atoms with Crippen molar-refractivity contribution in [2.24, 2.45) is 10.8 Å². The molecule has 1 aliphatic carbocycles. The van der Waals surface area contributed by atoms with E-state index in [1.165, 1.54) is 83.5 Å². The minimum atomic E-state index is -1.13. The van der Waals surface area contributed by atoms with Gasteiger partial charge < -0.3 is 10.2 Å². The molecule has 0 aliphatic heterocycles. The first kappa shape index (κ1) is 28.0. The molecule has 1 saturated carbocycles. The van der Waals surface area contributed by atoms with Crippen molar-refractivity contribution < 1.29 is 19.8 Å². The molecule has 0 spiro atoms. The van der Waals surface area contributed by atoms with Crippen LogP contribution in [0.1, 0.15) is 149 Å². The zero-order chi connectivity index (χ0) is 23.0. The Hall–Kier alpha value is -1.06. The highest BCUT2D eigenvalue weighted by Crippen LogP contribution is 2.54. The van der Waals surface area contributed by atoms with E-state index in [1.807, 2.05) is 0 Å². The summed E-state index contributed by atoms with van der Waals surface area (Å²) in [6, 6.07) is 0. The molecule has 0 heterocycles. The van der Waals surface area contributed by atoms with Crippen molar-refractivity contribution in [3.8, 4) is 0 Å². The van der Waals surface area contributed by atoms with Crippen LogP contribution < -0.4 is 0 Å². The number of carbonyl (C=O) groups is 2. The van der Waals surface area contributed by atoms with E-state index in [9.17, 15) is 19.8 Å². The standard InChI is InChI=1S/C27H50O4/c1-3-4-5-6-7-8-9-10-11-12-13-14-15-16-17-18-22-27(25(30)31)23-20-19-21-26(27,2)24(28)29/h3-23H2,1-2H3,(H,28,29)(H,30,31). The summed E-state index contributed by atoms with van der Waals surface area (Å²) < 4.78 is 0. The molecule has 4 nitrogen and oxygen atoms in total. The van der Waals surface area contributed by atoms with Crippen molar-refractivity contribution in [2.45, 2.75) is 149 Å². The maximum atomic E-state index is 12.1. The molecule has 0 bridgehead atoms. The quantitative estimate of drug-likeness (QED) is 0.199. The van der Waals surface area contributed by atoms with Gasteiger partial charge in [-0.1, -0.05) is 122 Å². The van der Waals surface area contributed by atoms with Crippen LogP contribution in [0.5, 0.6) is 0 Å². The molecule has 2 unspecified atom stereocenters. The fraction of sp³-hybridized carbons (Fsp3) is 0.926. The van der Waals surface area contributed by atoms with Crippen LogP contribution in [-0.2, 0) is 9.59 Å². The molecule has 2 atom stereocenters. The van der Waals surface area contributed by atoms with Crippen molar-refractivity contribution in [1.82, 2.24) is 0 Å². The lowest BCUT2D eigenvalue weighted by Gasteiger charge is -2.46. The van der Waals surface area contributed by atoms with Crippen LogP contribution in [0.15, 0.2) is 0 Å². The first-order chi connectivity index (χ1) is 14.9. The van der Waals surface area contributed by atoms with Gasteiger partial charge in [0.15, 0.2) is 0 Å². The fourth-order valence-electron chi connectivity index (χ4n) is 5.56. The summed E-state index contributed by atoms with van der Waals surface area (Å²) in [6.45, 7) is 3.93. The maximum absolute atomic E-state index is 12.1. The second-order valence-corrected chi connectivity index (χ2v) is 10.3. The Morgan fingerprint density at radius 1 is 0.613 bits per heavy atom. The highest BCUT2D eigenvalue weighted by atomic mass is 16.4. The lowest BCUT2D eigenvalue weighted by atomic mass is 9.55. The highest BCUT2D eigenvalue weighted by Gasteiger charge is 2.58. The predicted molar refractivity (Wildman–Crippen MR) is 128 cm³/mol. The molecule has 1 rings (SSSR count). The normalized spacial score (nSPS) is 23.7. The number of carboxylic acid groups (broad SMARTS) is 2. The molecule has 0 amide bonds. The third-order valence-corrected chi connectivity index (χ3v) is 7.93. The third kappa shape index (κ3) is 9.14. The van der Waals surface area contributed by atoms with Gasteiger partial charge in [0.1, 0.15) is 0 Å². The van der Waals surface area contributed by atoms with E-state index in [1.54, 1.807) is 6.92 Å². The van der Waals surface area contributed by atoms with E-state index in [2.05, 4.69) is 6.92 Å². The number of hydrogen-bond donors (Lipinski definition) is 2. The number of unbranched alkanes of at least 4 members (excludes halogenated alkanes) is 15. The van der Waals surface area contributed by atoms with Crippen LogP contribution in [0.3, 0.4) is 0 Å². The van der Waals surface area contributed by atoms with Crippen molar-refractivity contribution in [3.05, 3.63) is 0 Å². The van der Waals surface area contributed by atoms with Crippen LogP contribution in [0, 0.1) is 10.8 Å². The SMILES string of the molecule is CCCCCCCCCCCCCCCCCCC1(C(=O)O)CCCCC1(C)C(=O)O. The first-order valence-corrected chi connectivity index (χ1v) is 13.4. The molecular formula is C27H50O4. The monoisotopic (exact) mass is 438 g/mol. The Labute approximate surface area is 191 Å². The van der Waals surface area contributed by atoms with Gasteiger partial charge in [-0.25, -0.2) is 0 Å². The van der Waals surface area contributed by atoms with Gasteiger partial charge in [0.05, 0.1) is 10.8 Å². The summed E-state index contributed by atoms with van der Waals surface area (Å²) in [5.41, 5.74) is -2.22. The number of rotatable bonds is 19. The second-order valence-electron chi connectivity index (χ2n) is 10.3. The topological polar surface area (TPSA) is 74.6 Å². The lowest BCUT2D eigenvalue weighted by Crippen LogP contribution is -2.52. The average Bonchev–Trinajstić information content (AvgIpc) is 2.74. The van der Waals surface area contributed by atoms with E-state index >= 15 is 0 Å². The summed E-state index contributed by atoms with van der Waals surface area (Å²) in [6.07, 6.45) is 23.8. The summed E-state index contributed by atoms with van der Waals surface area (Å²) >= 11 is 0. The molecule has 31 heavy (non-hydrogen) atoms. The molecule has 1 fully saturated rings. The van der Waals surface area contributed by atoms with Gasteiger partial charge in [-0.15, -0.1) is 0 Å². The number of hydrogen-bond acceptors (Lipinski definition) is 2. The van der Waals surface area contributed by atoms with Crippen molar-refractivity contribution in [3.63, 3.8) is 0 Å². The number of carboxylic acids is 2. The smallest absolute Gasteiger partial charge is 0.310 e. The highest BCUT2D eigenvalue weighted by molar-refractivity contribution is 5.86. The van der Waals surface area contributed by atoms with E-state index < -0.39 is 22.8 Å². The van der Waals surface area contributed by atoms with E-state index in [0.29, 0.717) is 19.3 Å². The summed E-state index contributed by atoms with van der Waals surface area (Å²) in [5, 5.41) is 19.7. The van der Waals surface area contributed by atoms with Crippen LogP contribution in [-0.4, -0.2) is 22.2 Å². The minimum Gasteiger partial charge on any atom is -0.481 e. The third-order valence-electron chi connectivity index (χ3n) is 7.93. The van der Waals surface area contributed by atoms with E-state index in [-0.39, 0.29) is 0 Å². The average molecular weight is 439 g/mol. The van der Waals surface area contributed by atoms with Crippen LogP contribution in [0.4, 0.5) is 0 Å². The van der Waals surface area contributed by atoms with Crippen LogP contribution in [0.25, 0.3) is 0 Å².